The Kier molecular flexibility index (Phi) is 4.74. The minimum Gasteiger partial charge on any atom is -0.379 e. The molecule has 0 radical (unpaired) electrons. The highest BCUT2D eigenvalue weighted by Gasteiger charge is 2.31. The third-order valence-corrected chi connectivity index (χ3v) is 5.03. The smallest absolute Gasteiger partial charge is 0.217 e. The summed E-state index contributed by atoms with van der Waals surface area (Å²) in [6, 6.07) is 9.71. The van der Waals surface area contributed by atoms with E-state index in [4.69, 9.17) is 4.74 Å². The second kappa shape index (κ2) is 6.32. The Labute approximate surface area is 114 Å². The number of benzene rings is 1. The molecule has 0 bridgehead atoms. The standard InChI is InChI=1S/C14H19NO3S/c1-2-8-15-14(11-13-6-4-3-5-7-13)12-18-9-10-19(15,16)17/h2-7,14H,1,8-12H2. The van der Waals surface area contributed by atoms with Gasteiger partial charge in [-0.25, -0.2) is 8.42 Å². The van der Waals surface area contributed by atoms with E-state index in [0.717, 1.165) is 5.56 Å². The van der Waals surface area contributed by atoms with Crippen molar-refractivity contribution in [1.29, 1.82) is 0 Å². The number of sulfonamides is 1. The van der Waals surface area contributed by atoms with Crippen LogP contribution in [0, 0.1) is 0 Å². The molecule has 1 saturated heterocycles. The lowest BCUT2D eigenvalue weighted by Gasteiger charge is -2.27. The predicted molar refractivity (Wildman–Crippen MR) is 75.4 cm³/mol. The van der Waals surface area contributed by atoms with Crippen molar-refractivity contribution < 1.29 is 13.2 Å². The van der Waals surface area contributed by atoms with Gasteiger partial charge in [-0.2, -0.15) is 4.31 Å². The molecular weight excluding hydrogens is 262 g/mol. The molecule has 4 nitrogen and oxygen atoms in total. The Morgan fingerprint density at radius 3 is 2.79 bits per heavy atom. The fourth-order valence-corrected chi connectivity index (χ4v) is 3.73. The van der Waals surface area contributed by atoms with Gasteiger partial charge in [0.05, 0.1) is 25.0 Å². The molecule has 19 heavy (non-hydrogen) atoms. The van der Waals surface area contributed by atoms with Crippen molar-refractivity contribution in [1.82, 2.24) is 4.31 Å². The predicted octanol–water partition coefficient (Wildman–Crippen LogP) is 1.45. The maximum Gasteiger partial charge on any atom is 0.217 e. The Morgan fingerprint density at radius 2 is 2.11 bits per heavy atom. The zero-order valence-electron chi connectivity index (χ0n) is 10.9. The van der Waals surface area contributed by atoms with Crippen LogP contribution in [0.2, 0.25) is 0 Å². The van der Waals surface area contributed by atoms with E-state index in [1.165, 1.54) is 4.31 Å². The van der Waals surface area contributed by atoms with Crippen LogP contribution in [0.15, 0.2) is 43.0 Å². The van der Waals surface area contributed by atoms with Crippen LogP contribution in [-0.4, -0.2) is 44.3 Å². The molecule has 0 aliphatic carbocycles. The van der Waals surface area contributed by atoms with Crippen LogP contribution in [-0.2, 0) is 21.2 Å². The molecule has 1 heterocycles. The van der Waals surface area contributed by atoms with Crippen LogP contribution >= 0.6 is 0 Å². The average Bonchev–Trinajstić information content (AvgIpc) is 2.53. The highest BCUT2D eigenvalue weighted by molar-refractivity contribution is 7.89. The van der Waals surface area contributed by atoms with Crippen LogP contribution in [0.5, 0.6) is 0 Å². The summed E-state index contributed by atoms with van der Waals surface area (Å²) in [5.41, 5.74) is 1.11. The molecule has 5 heteroatoms. The summed E-state index contributed by atoms with van der Waals surface area (Å²) in [6.45, 7) is 4.68. The van der Waals surface area contributed by atoms with Gasteiger partial charge in [-0.05, 0) is 12.0 Å². The molecule has 1 aliphatic rings. The fourth-order valence-electron chi connectivity index (χ4n) is 2.25. The van der Waals surface area contributed by atoms with E-state index in [0.29, 0.717) is 19.6 Å². The summed E-state index contributed by atoms with van der Waals surface area (Å²) in [5.74, 6) is 0.0477. The molecule has 2 rings (SSSR count). The lowest BCUT2D eigenvalue weighted by molar-refractivity contribution is 0.114. The molecule has 0 spiro atoms. The summed E-state index contributed by atoms with van der Waals surface area (Å²) in [4.78, 5) is 0. The molecule has 1 fully saturated rings. The number of ether oxygens (including phenoxy) is 1. The largest absolute Gasteiger partial charge is 0.379 e. The summed E-state index contributed by atoms with van der Waals surface area (Å²) in [7, 11) is -3.25. The Hall–Kier alpha value is -1.17. The minimum absolute atomic E-state index is 0.0477. The Balaban J connectivity index is 2.21. The maximum absolute atomic E-state index is 12.2. The molecule has 104 valence electrons. The zero-order chi connectivity index (χ0) is 13.7. The van der Waals surface area contributed by atoms with Gasteiger partial charge < -0.3 is 4.74 Å². The van der Waals surface area contributed by atoms with Crippen LogP contribution in [0.4, 0.5) is 0 Å². The van der Waals surface area contributed by atoms with Gasteiger partial charge in [0.15, 0.2) is 0 Å². The van der Waals surface area contributed by atoms with Crippen molar-refractivity contribution in [2.45, 2.75) is 12.5 Å². The normalized spacial score (nSPS) is 23.7. The third kappa shape index (κ3) is 3.65. The molecule has 0 saturated carbocycles. The fraction of sp³-hybridized carbons (Fsp3) is 0.429. The van der Waals surface area contributed by atoms with Gasteiger partial charge in [0.25, 0.3) is 0 Å². The summed E-state index contributed by atoms with van der Waals surface area (Å²) in [5, 5.41) is 0. The molecule has 1 aliphatic heterocycles. The van der Waals surface area contributed by atoms with Crippen LogP contribution < -0.4 is 0 Å². The second-order valence-corrected chi connectivity index (χ2v) is 6.63. The van der Waals surface area contributed by atoms with E-state index in [1.807, 2.05) is 30.3 Å². The van der Waals surface area contributed by atoms with Gasteiger partial charge in [0.2, 0.25) is 10.0 Å². The van der Waals surface area contributed by atoms with Crippen molar-refractivity contribution in [2.24, 2.45) is 0 Å². The minimum atomic E-state index is -3.25. The number of nitrogens with zero attached hydrogens (tertiary/aromatic N) is 1. The quantitative estimate of drug-likeness (QED) is 0.785. The average molecular weight is 281 g/mol. The van der Waals surface area contributed by atoms with Crippen molar-refractivity contribution in [2.75, 3.05) is 25.5 Å². The topological polar surface area (TPSA) is 46.6 Å². The Morgan fingerprint density at radius 1 is 1.37 bits per heavy atom. The molecule has 1 aromatic carbocycles. The van der Waals surface area contributed by atoms with Gasteiger partial charge in [0, 0.05) is 6.54 Å². The van der Waals surface area contributed by atoms with E-state index in [2.05, 4.69) is 6.58 Å². The van der Waals surface area contributed by atoms with Gasteiger partial charge in [-0.1, -0.05) is 36.4 Å². The lowest BCUT2D eigenvalue weighted by Crippen LogP contribution is -2.43. The van der Waals surface area contributed by atoms with E-state index in [1.54, 1.807) is 6.08 Å². The number of hydrogen-bond acceptors (Lipinski definition) is 3. The van der Waals surface area contributed by atoms with Gasteiger partial charge in [0.1, 0.15) is 0 Å². The number of hydrogen-bond donors (Lipinski definition) is 0. The highest BCUT2D eigenvalue weighted by atomic mass is 32.2. The Bertz CT molecular complexity index is 513. The van der Waals surface area contributed by atoms with Crippen molar-refractivity contribution in [3.63, 3.8) is 0 Å². The monoisotopic (exact) mass is 281 g/mol. The lowest BCUT2D eigenvalue weighted by atomic mass is 10.1. The molecule has 0 amide bonds. The van der Waals surface area contributed by atoms with Gasteiger partial charge >= 0.3 is 0 Å². The molecule has 0 N–H and O–H groups in total. The summed E-state index contributed by atoms with van der Waals surface area (Å²) >= 11 is 0. The van der Waals surface area contributed by atoms with Crippen molar-refractivity contribution >= 4 is 10.0 Å². The second-order valence-electron chi connectivity index (χ2n) is 4.59. The molecule has 1 unspecified atom stereocenters. The molecule has 1 atom stereocenters. The van der Waals surface area contributed by atoms with Gasteiger partial charge in [-0.15, -0.1) is 6.58 Å². The third-order valence-electron chi connectivity index (χ3n) is 3.18. The first kappa shape index (κ1) is 14.2. The van der Waals surface area contributed by atoms with Crippen LogP contribution in [0.3, 0.4) is 0 Å². The summed E-state index contributed by atoms with van der Waals surface area (Å²) in [6.07, 6.45) is 2.29. The summed E-state index contributed by atoms with van der Waals surface area (Å²) < 4.78 is 31.3. The highest BCUT2D eigenvalue weighted by Crippen LogP contribution is 2.17. The van der Waals surface area contributed by atoms with E-state index in [-0.39, 0.29) is 18.4 Å². The van der Waals surface area contributed by atoms with E-state index >= 15 is 0 Å². The SMILES string of the molecule is C=CCN1C(Cc2ccccc2)COCCS1(=O)=O. The van der Waals surface area contributed by atoms with Crippen LogP contribution in [0.25, 0.3) is 0 Å². The maximum atomic E-state index is 12.2. The van der Waals surface area contributed by atoms with Gasteiger partial charge in [-0.3, -0.25) is 0 Å². The first-order valence-electron chi connectivity index (χ1n) is 6.35. The zero-order valence-corrected chi connectivity index (χ0v) is 11.7. The first-order valence-corrected chi connectivity index (χ1v) is 7.96. The van der Waals surface area contributed by atoms with Crippen molar-refractivity contribution in [3.05, 3.63) is 48.6 Å². The molecular formula is C14H19NO3S. The number of rotatable bonds is 4. The van der Waals surface area contributed by atoms with E-state index in [9.17, 15) is 8.42 Å². The van der Waals surface area contributed by atoms with Crippen LogP contribution in [0.1, 0.15) is 5.56 Å². The van der Waals surface area contributed by atoms with E-state index < -0.39 is 10.0 Å². The van der Waals surface area contributed by atoms with Crippen molar-refractivity contribution in [3.8, 4) is 0 Å². The molecule has 1 aromatic rings. The first-order chi connectivity index (χ1) is 9.13. The molecule has 0 aromatic heterocycles.